The average molecular weight is 1640 g/mol. The Hall–Kier alpha value is -17.0. The van der Waals surface area contributed by atoms with E-state index in [1.54, 1.807) is 0 Å². The van der Waals surface area contributed by atoms with Crippen LogP contribution in [-0.4, -0.2) is 48.9 Å². The molecule has 0 atom stereocenters. The van der Waals surface area contributed by atoms with E-state index in [-0.39, 0.29) is 5.41 Å². The van der Waals surface area contributed by atoms with Gasteiger partial charge in [-0.15, -0.1) is 30.6 Å². The molecular weight excluding hydrogens is 1560 g/mol. The second-order valence-electron chi connectivity index (χ2n) is 34.1. The van der Waals surface area contributed by atoms with Crippen molar-refractivity contribution in [1.82, 2.24) is 48.9 Å². The number of furan rings is 1. The maximum absolute atomic E-state index is 6.19. The van der Waals surface area contributed by atoms with Crippen LogP contribution < -0.4 is 0 Å². The van der Waals surface area contributed by atoms with Gasteiger partial charge in [0.05, 0.1) is 44.1 Å². The molecule has 27 aromatic rings. The van der Waals surface area contributed by atoms with Crippen molar-refractivity contribution < 1.29 is 4.42 Å². The zero-order chi connectivity index (χ0) is 84.4. The highest BCUT2D eigenvalue weighted by atomic mass is 16.3. The first-order chi connectivity index (χ1) is 63.3. The van der Waals surface area contributed by atoms with Gasteiger partial charge in [0.15, 0.2) is 17.5 Å². The molecule has 11 heteroatoms. The van der Waals surface area contributed by atoms with E-state index in [4.69, 9.17) is 35.0 Å². The van der Waals surface area contributed by atoms with Gasteiger partial charge in [0, 0.05) is 114 Å². The molecule has 0 radical (unpaired) electrons. The molecule has 1 aliphatic rings. The molecule has 0 bridgehead atoms. The summed E-state index contributed by atoms with van der Waals surface area (Å²) in [5, 5.41) is 55.6. The third kappa shape index (κ3) is 11.1. The lowest BCUT2D eigenvalue weighted by Gasteiger charge is -2.24. The van der Waals surface area contributed by atoms with Crippen molar-refractivity contribution in [3.05, 3.63) is 424 Å². The molecular formula is C117H74N10O. The van der Waals surface area contributed by atoms with Gasteiger partial charge in [0.1, 0.15) is 28.2 Å². The van der Waals surface area contributed by atoms with Crippen molar-refractivity contribution in [2.24, 2.45) is 0 Å². The van der Waals surface area contributed by atoms with Crippen molar-refractivity contribution in [3.8, 4) is 68.0 Å². The predicted octanol–water partition coefficient (Wildman–Crippen LogP) is 29.9. The van der Waals surface area contributed by atoms with Crippen molar-refractivity contribution in [1.29, 1.82) is 0 Å². The topological polar surface area (TPSA) is 110 Å². The molecule has 0 unspecified atom stereocenters. The van der Waals surface area contributed by atoms with Crippen molar-refractivity contribution in [3.63, 3.8) is 0 Å². The summed E-state index contributed by atoms with van der Waals surface area (Å²) in [6, 6.07) is 146. The molecule has 0 saturated heterocycles. The number of rotatable bonds is 7. The van der Waals surface area contributed by atoms with E-state index < -0.39 is 0 Å². The van der Waals surface area contributed by atoms with Crippen LogP contribution >= 0.6 is 0 Å². The van der Waals surface area contributed by atoms with E-state index in [0.29, 0.717) is 0 Å². The molecule has 598 valence electrons. The highest BCUT2D eigenvalue weighted by Crippen LogP contribution is 2.54. The monoisotopic (exact) mass is 1630 g/mol. The number of benzene rings is 19. The molecule has 8 aromatic heterocycles. The highest BCUT2D eigenvalue weighted by molar-refractivity contribution is 6.20. The molecule has 0 saturated carbocycles. The van der Waals surface area contributed by atoms with Crippen LogP contribution in [0.5, 0.6) is 0 Å². The summed E-state index contributed by atoms with van der Waals surface area (Å²) in [6.45, 7) is 4.65. The number of hydrogen-bond acceptors (Lipinski definition) is 7. The summed E-state index contributed by atoms with van der Waals surface area (Å²) < 4.78 is 15.4. The van der Waals surface area contributed by atoms with Gasteiger partial charge < -0.3 is 8.98 Å². The first-order valence-corrected chi connectivity index (χ1v) is 43.6. The van der Waals surface area contributed by atoms with E-state index in [9.17, 15) is 0 Å². The lowest BCUT2D eigenvalue weighted by molar-refractivity contribution is 0.661. The Morgan fingerprint density at radius 2 is 0.555 bits per heavy atom. The fraction of sp³-hybridized carbons (Fsp3) is 0.0256. The predicted molar refractivity (Wildman–Crippen MR) is 530 cm³/mol. The Labute approximate surface area is 733 Å². The van der Waals surface area contributed by atoms with Gasteiger partial charge in [0.2, 0.25) is 0 Å². The van der Waals surface area contributed by atoms with Gasteiger partial charge in [-0.2, -0.15) is 0 Å². The van der Waals surface area contributed by atoms with Gasteiger partial charge in [-0.25, -0.2) is 0 Å². The summed E-state index contributed by atoms with van der Waals surface area (Å²) in [5.41, 5.74) is 22.9. The fourth-order valence-electron chi connectivity index (χ4n) is 21.0. The smallest absolute Gasteiger partial charge is 0.168 e. The Bertz CT molecular complexity index is 9350. The molecule has 0 spiro atoms. The van der Waals surface area contributed by atoms with Crippen molar-refractivity contribution in [2.45, 2.75) is 19.3 Å². The SMILES string of the molecule is CC1(C)c2ccccc2-c2cccc(-c3nnc(-n4c5ccccc5c5cc6ccccc6cc54)c4ccccc34)c21.c1ccc(-n2c3ccccc3c3cccc(-c4nnc(-n5c6ccccc6c6cc7ccccc7cc65)c5ccccc45)c32)cc1.c1ccc2cc3c(cc2c1)c1ccccc1n3-c1nnc(-c2ccc3c(c2)oc2ccccc23)c2ccccc12. The van der Waals surface area contributed by atoms with Gasteiger partial charge >= 0.3 is 0 Å². The molecule has 19 aromatic carbocycles. The Kier molecular flexibility index (Phi) is 16.2. The zero-order valence-corrected chi connectivity index (χ0v) is 69.6. The maximum Gasteiger partial charge on any atom is 0.168 e. The van der Waals surface area contributed by atoms with Crippen LogP contribution in [0.25, 0.3) is 242 Å². The second-order valence-corrected chi connectivity index (χ2v) is 34.1. The molecule has 0 N–H and O–H groups in total. The highest BCUT2D eigenvalue weighted by Gasteiger charge is 2.38. The average Bonchev–Trinajstić information content (AvgIpc) is 1.55. The largest absolute Gasteiger partial charge is 0.456 e. The van der Waals surface area contributed by atoms with Crippen LogP contribution in [-0.2, 0) is 5.41 Å². The fourth-order valence-corrected chi connectivity index (χ4v) is 21.0. The van der Waals surface area contributed by atoms with Gasteiger partial charge in [0.25, 0.3) is 0 Å². The molecule has 11 nitrogen and oxygen atoms in total. The first-order valence-electron chi connectivity index (χ1n) is 43.6. The molecule has 128 heavy (non-hydrogen) atoms. The first kappa shape index (κ1) is 72.6. The van der Waals surface area contributed by atoms with Crippen LogP contribution in [0.2, 0.25) is 0 Å². The van der Waals surface area contributed by atoms with E-state index in [0.717, 1.165) is 150 Å². The lowest BCUT2D eigenvalue weighted by Crippen LogP contribution is -2.16. The minimum absolute atomic E-state index is 0.141. The minimum Gasteiger partial charge on any atom is -0.456 e. The molecule has 8 heterocycles. The molecule has 1 aliphatic carbocycles. The summed E-state index contributed by atoms with van der Waals surface area (Å²) in [6.07, 6.45) is 0. The molecule has 0 amide bonds. The quantitative estimate of drug-likeness (QED) is 0.156. The van der Waals surface area contributed by atoms with Gasteiger partial charge in [-0.05, 0) is 146 Å². The Morgan fingerprint density at radius 3 is 1.06 bits per heavy atom. The summed E-state index contributed by atoms with van der Waals surface area (Å²) in [5.74, 6) is 2.51. The maximum atomic E-state index is 6.19. The zero-order valence-electron chi connectivity index (χ0n) is 69.6. The van der Waals surface area contributed by atoms with E-state index in [1.807, 2.05) is 18.2 Å². The lowest BCUT2D eigenvalue weighted by atomic mass is 9.79. The number of aromatic nitrogens is 10. The van der Waals surface area contributed by atoms with Crippen LogP contribution in [0.1, 0.15) is 25.0 Å². The third-order valence-corrected chi connectivity index (χ3v) is 26.7. The van der Waals surface area contributed by atoms with Gasteiger partial charge in [-0.1, -0.05) is 335 Å². The normalized spacial score (nSPS) is 12.5. The van der Waals surface area contributed by atoms with E-state index in [2.05, 4.69) is 426 Å². The minimum atomic E-state index is -0.141. The van der Waals surface area contributed by atoms with E-state index >= 15 is 0 Å². The van der Waals surface area contributed by atoms with Gasteiger partial charge in [-0.3, -0.25) is 13.7 Å². The van der Waals surface area contributed by atoms with Crippen LogP contribution in [0.4, 0.5) is 0 Å². The number of para-hydroxylation sites is 7. The second kappa shape index (κ2) is 28.5. The Balaban J connectivity index is 0.000000102. The van der Waals surface area contributed by atoms with Crippen molar-refractivity contribution >= 4 is 174 Å². The molecule has 28 rings (SSSR count). The van der Waals surface area contributed by atoms with E-state index in [1.165, 1.54) is 103 Å². The summed E-state index contributed by atoms with van der Waals surface area (Å²) >= 11 is 0. The summed E-state index contributed by atoms with van der Waals surface area (Å²) in [7, 11) is 0. The van der Waals surface area contributed by atoms with Crippen LogP contribution in [0.3, 0.4) is 0 Å². The number of hydrogen-bond donors (Lipinski definition) is 0. The molecule has 0 fully saturated rings. The standard InChI is InChI=1S/C42H26N4.C39H27N3.C36H21N3O/c1-2-15-29(16-3-1)45-37-23-10-8-17-30(37)33-21-12-22-35(41(33)45)40-32-19-6-7-20-34(32)42(44-43-40)46-38-24-11-9-18-31(38)36-25-27-13-4-5-14-28(27)26-39(36)46;1-39(2)33-20-9-7-14-26(33)28-18-11-19-31(36(28)39)37-29-16-5-6-17-30(29)38(41-40-37)42-34-21-10-8-15-27(34)32-22-24-12-3-4-13-25(24)23-35(32)42;1-2-10-23-20-32-30(19-22(23)9-1)25-11-5-7-15-31(25)39(32)36-29-14-4-3-13-28(29)35(37-38-36)24-17-18-27-26-12-6-8-16-33(26)40-34(27)21-24/h1-26H;3-23H,1-2H3;1-21H. The van der Waals surface area contributed by atoms with Crippen molar-refractivity contribution in [2.75, 3.05) is 0 Å². The number of fused-ring (bicyclic) bond motifs is 24. The number of nitrogens with zero attached hydrogens (tertiary/aromatic N) is 10. The Morgan fingerprint density at radius 1 is 0.211 bits per heavy atom. The summed E-state index contributed by atoms with van der Waals surface area (Å²) in [4.78, 5) is 0. The van der Waals surface area contributed by atoms with Crippen LogP contribution in [0, 0.1) is 0 Å². The molecule has 0 aliphatic heterocycles. The third-order valence-electron chi connectivity index (χ3n) is 26.7. The van der Waals surface area contributed by atoms with Crippen LogP contribution in [0.15, 0.2) is 417 Å².